The number of nitrogens with zero attached hydrogens (tertiary/aromatic N) is 2. The van der Waals surface area contributed by atoms with E-state index >= 15 is 0 Å². The predicted octanol–water partition coefficient (Wildman–Crippen LogP) is 18.2. The number of carbonyl (C=O) groups is 3. The van der Waals surface area contributed by atoms with Crippen molar-refractivity contribution < 1.29 is 23.9 Å². The van der Waals surface area contributed by atoms with Crippen LogP contribution in [-0.4, -0.2) is 73.6 Å². The third-order valence-corrected chi connectivity index (χ3v) is 14.4. The van der Waals surface area contributed by atoms with E-state index in [1.54, 1.807) is 6.08 Å². The second kappa shape index (κ2) is 51.5. The number of carbonyl (C=O) groups excluding carboxylic acids is 3. The molecule has 0 bridgehead atoms. The minimum atomic E-state index is -0.174. The zero-order chi connectivity index (χ0) is 50.0. The molecule has 0 aromatic rings. The molecule has 0 N–H and O–H groups in total. The average Bonchev–Trinajstić information content (AvgIpc) is 3.32. The zero-order valence-electron chi connectivity index (χ0n) is 46.8. The maximum Gasteiger partial charge on any atom is 0.330 e. The van der Waals surface area contributed by atoms with Crippen molar-refractivity contribution in [1.82, 2.24) is 9.80 Å². The second-order valence-electron chi connectivity index (χ2n) is 21.3. The van der Waals surface area contributed by atoms with Crippen LogP contribution in [0.3, 0.4) is 0 Å². The molecule has 0 fully saturated rings. The molecule has 0 saturated heterocycles. The number of ether oxygens (including phenoxy) is 2. The summed E-state index contributed by atoms with van der Waals surface area (Å²) in [6.45, 7) is 13.7. The first kappa shape index (κ1) is 66.1. The van der Waals surface area contributed by atoms with Gasteiger partial charge >= 0.3 is 11.9 Å². The van der Waals surface area contributed by atoms with Gasteiger partial charge in [0.05, 0.1) is 6.61 Å². The van der Waals surface area contributed by atoms with Gasteiger partial charge in [0.25, 0.3) is 0 Å². The van der Waals surface area contributed by atoms with E-state index in [-0.39, 0.29) is 24.1 Å². The standard InChI is InChI=1S/C61H118N2O5/c1-8-13-18-21-24-25-26-35-45-57(46-36-29-31-41-51-61(66)68-58(47-37-27-22-19-14-9-2)48-38-28-23-20-15-10-3)63(54-42-53-62(6)7)59(64)49-39-30-32-40-50-60(65)67-55-52-56(43-33-16-11-4)44-34-17-12-5/h41,51,56-58H,8-40,42-50,52-55H2,1-7H3. The highest BCUT2D eigenvalue weighted by molar-refractivity contribution is 5.82. The lowest BCUT2D eigenvalue weighted by Crippen LogP contribution is -2.41. The molecule has 1 atom stereocenters. The smallest absolute Gasteiger partial charge is 0.330 e. The topological polar surface area (TPSA) is 76.2 Å². The first-order valence-electron chi connectivity index (χ1n) is 30.2. The van der Waals surface area contributed by atoms with Gasteiger partial charge < -0.3 is 19.3 Å². The van der Waals surface area contributed by atoms with Crippen molar-refractivity contribution in [2.45, 2.75) is 323 Å². The zero-order valence-corrected chi connectivity index (χ0v) is 46.8. The SMILES string of the molecule is CCCCCCCCCCC(CCCCC=CC(=O)OC(CCCCCCCC)CCCCCCCC)N(CCCN(C)C)C(=O)CCCCCCC(=O)OCCC(CCCCC)CCCCC. The Labute approximate surface area is 424 Å². The van der Waals surface area contributed by atoms with Crippen molar-refractivity contribution in [3.8, 4) is 0 Å². The van der Waals surface area contributed by atoms with Crippen molar-refractivity contribution >= 4 is 17.8 Å². The summed E-state index contributed by atoms with van der Waals surface area (Å²) in [6.07, 6.45) is 53.1. The lowest BCUT2D eigenvalue weighted by Gasteiger charge is -2.33. The minimum absolute atomic E-state index is 0.0364. The van der Waals surface area contributed by atoms with Gasteiger partial charge in [-0.3, -0.25) is 9.59 Å². The molecule has 0 rings (SSSR count). The highest BCUT2D eigenvalue weighted by atomic mass is 16.5. The molecule has 0 aliphatic heterocycles. The number of unbranched alkanes of at least 4 members (excludes halogenated alkanes) is 26. The van der Waals surface area contributed by atoms with Gasteiger partial charge in [-0.1, -0.05) is 227 Å². The largest absolute Gasteiger partial charge is 0.466 e. The molecule has 0 aliphatic rings. The lowest BCUT2D eigenvalue weighted by molar-refractivity contribution is -0.145. The molecule has 7 heteroatoms. The van der Waals surface area contributed by atoms with Gasteiger partial charge in [-0.15, -0.1) is 0 Å². The summed E-state index contributed by atoms with van der Waals surface area (Å²) in [5.41, 5.74) is 0. The summed E-state index contributed by atoms with van der Waals surface area (Å²) in [5.74, 6) is 0.753. The summed E-state index contributed by atoms with van der Waals surface area (Å²) in [7, 11) is 4.24. The Balaban J connectivity index is 5.27. The molecule has 0 aromatic heterocycles. The van der Waals surface area contributed by atoms with Crippen molar-refractivity contribution in [2.24, 2.45) is 5.92 Å². The first-order chi connectivity index (χ1) is 33.2. The lowest BCUT2D eigenvalue weighted by atomic mass is 9.92. The molecule has 0 heterocycles. The number of allylic oxidation sites excluding steroid dienone is 1. The Hall–Kier alpha value is -1.89. The molecule has 0 aromatic carbocycles. The van der Waals surface area contributed by atoms with Crippen LogP contribution in [0.4, 0.5) is 0 Å². The van der Waals surface area contributed by atoms with Gasteiger partial charge in [0.15, 0.2) is 0 Å². The van der Waals surface area contributed by atoms with Gasteiger partial charge in [-0.05, 0) is 104 Å². The molecule has 1 amide bonds. The Bertz CT molecular complexity index is 1100. The van der Waals surface area contributed by atoms with Crippen LogP contribution in [0.25, 0.3) is 0 Å². The number of hydrogen-bond acceptors (Lipinski definition) is 6. The van der Waals surface area contributed by atoms with Gasteiger partial charge in [-0.25, -0.2) is 4.79 Å². The van der Waals surface area contributed by atoms with E-state index in [4.69, 9.17) is 9.47 Å². The predicted molar refractivity (Wildman–Crippen MR) is 294 cm³/mol. The van der Waals surface area contributed by atoms with E-state index in [0.29, 0.717) is 31.3 Å². The maximum atomic E-state index is 14.1. The van der Waals surface area contributed by atoms with Crippen LogP contribution in [-0.2, 0) is 23.9 Å². The van der Waals surface area contributed by atoms with Gasteiger partial charge in [0.1, 0.15) is 6.10 Å². The fourth-order valence-corrected chi connectivity index (χ4v) is 9.88. The molecule has 0 saturated carbocycles. The Morgan fingerprint density at radius 1 is 0.441 bits per heavy atom. The second-order valence-corrected chi connectivity index (χ2v) is 21.3. The average molecular weight is 960 g/mol. The third-order valence-electron chi connectivity index (χ3n) is 14.4. The van der Waals surface area contributed by atoms with Crippen molar-refractivity contribution in [3.63, 3.8) is 0 Å². The monoisotopic (exact) mass is 959 g/mol. The first-order valence-corrected chi connectivity index (χ1v) is 30.2. The molecular formula is C61H118N2O5. The van der Waals surface area contributed by atoms with Crippen LogP contribution in [0, 0.1) is 5.92 Å². The van der Waals surface area contributed by atoms with E-state index in [0.717, 1.165) is 109 Å². The molecule has 7 nitrogen and oxygen atoms in total. The fraction of sp³-hybridized carbons (Fsp3) is 0.918. The van der Waals surface area contributed by atoms with Crippen LogP contribution in [0.15, 0.2) is 12.2 Å². The van der Waals surface area contributed by atoms with Crippen LogP contribution in [0.5, 0.6) is 0 Å². The van der Waals surface area contributed by atoms with Gasteiger partial charge in [-0.2, -0.15) is 0 Å². The number of esters is 2. The number of hydrogen-bond donors (Lipinski definition) is 0. The van der Waals surface area contributed by atoms with E-state index in [2.05, 4.69) is 58.5 Å². The molecule has 0 aliphatic carbocycles. The molecular weight excluding hydrogens is 841 g/mol. The molecule has 0 spiro atoms. The summed E-state index contributed by atoms with van der Waals surface area (Å²) in [4.78, 5) is 44.2. The van der Waals surface area contributed by atoms with Crippen LogP contribution >= 0.6 is 0 Å². The normalized spacial score (nSPS) is 12.3. The summed E-state index contributed by atoms with van der Waals surface area (Å²) in [5, 5.41) is 0. The van der Waals surface area contributed by atoms with Crippen LogP contribution < -0.4 is 0 Å². The van der Waals surface area contributed by atoms with Crippen molar-refractivity contribution in [1.29, 1.82) is 0 Å². The Morgan fingerprint density at radius 3 is 1.38 bits per heavy atom. The number of amides is 1. The highest BCUT2D eigenvalue weighted by Gasteiger charge is 2.23. The highest BCUT2D eigenvalue weighted by Crippen LogP contribution is 2.24. The van der Waals surface area contributed by atoms with E-state index in [1.807, 2.05) is 6.08 Å². The fourth-order valence-electron chi connectivity index (χ4n) is 9.88. The van der Waals surface area contributed by atoms with E-state index in [9.17, 15) is 14.4 Å². The van der Waals surface area contributed by atoms with Crippen molar-refractivity contribution in [3.05, 3.63) is 12.2 Å². The van der Waals surface area contributed by atoms with E-state index < -0.39 is 0 Å². The molecule has 0 radical (unpaired) electrons. The summed E-state index contributed by atoms with van der Waals surface area (Å²) in [6, 6.07) is 0.260. The molecule has 402 valence electrons. The Kier molecular flexibility index (Phi) is 50.0. The summed E-state index contributed by atoms with van der Waals surface area (Å²) >= 11 is 0. The number of rotatable bonds is 53. The van der Waals surface area contributed by atoms with Crippen LogP contribution in [0.1, 0.15) is 311 Å². The van der Waals surface area contributed by atoms with Gasteiger partial charge in [0.2, 0.25) is 5.91 Å². The van der Waals surface area contributed by atoms with Crippen molar-refractivity contribution in [2.75, 3.05) is 33.8 Å². The quantitative estimate of drug-likeness (QED) is 0.0343. The van der Waals surface area contributed by atoms with Gasteiger partial charge in [0, 0.05) is 31.5 Å². The molecule has 68 heavy (non-hydrogen) atoms. The maximum absolute atomic E-state index is 14.1. The summed E-state index contributed by atoms with van der Waals surface area (Å²) < 4.78 is 11.8. The molecule has 1 unspecified atom stereocenters. The Morgan fingerprint density at radius 2 is 0.868 bits per heavy atom. The minimum Gasteiger partial charge on any atom is -0.466 e. The van der Waals surface area contributed by atoms with E-state index in [1.165, 1.54) is 167 Å². The third kappa shape index (κ3) is 44.1. The van der Waals surface area contributed by atoms with Crippen LogP contribution in [0.2, 0.25) is 0 Å².